The molecule has 0 radical (unpaired) electrons. The zero-order chi connectivity index (χ0) is 13.0. The number of nitrogens with one attached hydrogen (secondary N) is 1. The summed E-state index contributed by atoms with van der Waals surface area (Å²) in [4.78, 5) is 2.33. The van der Waals surface area contributed by atoms with E-state index in [2.05, 4.69) is 10.2 Å². The van der Waals surface area contributed by atoms with E-state index in [1.165, 1.54) is 0 Å². The van der Waals surface area contributed by atoms with Crippen LogP contribution >= 0.6 is 35.6 Å². The Morgan fingerprint density at radius 2 is 1.79 bits per heavy atom. The molecule has 19 heavy (non-hydrogen) atoms. The number of rotatable bonds is 4. The fourth-order valence-corrected chi connectivity index (χ4v) is 3.10. The zero-order valence-corrected chi connectivity index (χ0v) is 12.9. The fourth-order valence-electron chi connectivity index (χ4n) is 2.45. The Balaban J connectivity index is 0.00000180. The first-order chi connectivity index (χ1) is 8.74. The number of benzene rings is 1. The van der Waals surface area contributed by atoms with Crippen LogP contribution in [0.2, 0.25) is 10.0 Å². The second-order valence-electron chi connectivity index (χ2n) is 4.45. The number of hydrogen-bond acceptors (Lipinski definition) is 3. The van der Waals surface area contributed by atoms with E-state index in [4.69, 9.17) is 23.2 Å². The van der Waals surface area contributed by atoms with Gasteiger partial charge in [0.25, 0.3) is 0 Å². The van der Waals surface area contributed by atoms with Gasteiger partial charge in [0.2, 0.25) is 0 Å². The molecule has 2 N–H and O–H groups in total. The van der Waals surface area contributed by atoms with Crippen LogP contribution in [0.15, 0.2) is 18.2 Å². The molecule has 0 spiro atoms. The van der Waals surface area contributed by atoms with E-state index in [0.29, 0.717) is 16.5 Å². The summed E-state index contributed by atoms with van der Waals surface area (Å²) in [5.74, 6) is 0. The molecule has 1 heterocycles. The largest absolute Gasteiger partial charge is 0.396 e. The fraction of sp³-hybridized carbons (Fsp3) is 0.538. The van der Waals surface area contributed by atoms with Gasteiger partial charge >= 0.3 is 0 Å². The van der Waals surface area contributed by atoms with Gasteiger partial charge in [-0.25, -0.2) is 0 Å². The molecule has 1 aliphatic rings. The average molecular weight is 326 g/mol. The monoisotopic (exact) mass is 324 g/mol. The molecule has 6 heteroatoms. The van der Waals surface area contributed by atoms with Gasteiger partial charge in [-0.05, 0) is 18.6 Å². The molecular weight excluding hydrogens is 307 g/mol. The third-order valence-corrected chi connectivity index (χ3v) is 3.99. The first-order valence-electron chi connectivity index (χ1n) is 6.23. The van der Waals surface area contributed by atoms with Gasteiger partial charge in [0.1, 0.15) is 0 Å². The normalized spacial score (nSPS) is 17.8. The van der Waals surface area contributed by atoms with Crippen molar-refractivity contribution in [3.63, 3.8) is 0 Å². The molecular formula is C13H19Cl3N2O. The number of piperazine rings is 1. The molecule has 108 valence electrons. The molecule has 1 atom stereocenters. The van der Waals surface area contributed by atoms with Crippen molar-refractivity contribution in [2.75, 3.05) is 32.8 Å². The van der Waals surface area contributed by atoms with Crippen LogP contribution in [0, 0.1) is 0 Å². The first kappa shape index (κ1) is 17.0. The van der Waals surface area contributed by atoms with Gasteiger partial charge in [-0.15, -0.1) is 12.4 Å². The lowest BCUT2D eigenvalue weighted by atomic mass is 10.0. The summed E-state index contributed by atoms with van der Waals surface area (Å²) >= 11 is 12.5. The van der Waals surface area contributed by atoms with E-state index in [0.717, 1.165) is 31.7 Å². The van der Waals surface area contributed by atoms with Gasteiger partial charge in [-0.3, -0.25) is 4.90 Å². The van der Waals surface area contributed by atoms with Crippen LogP contribution in [0.25, 0.3) is 0 Å². The van der Waals surface area contributed by atoms with Crippen molar-refractivity contribution in [3.05, 3.63) is 33.8 Å². The lowest BCUT2D eigenvalue weighted by molar-refractivity contribution is 0.141. The van der Waals surface area contributed by atoms with Crippen LogP contribution < -0.4 is 5.32 Å². The van der Waals surface area contributed by atoms with Crippen molar-refractivity contribution in [2.45, 2.75) is 12.5 Å². The third-order valence-electron chi connectivity index (χ3n) is 3.33. The highest BCUT2D eigenvalue weighted by atomic mass is 35.5. The molecule has 0 saturated carbocycles. The van der Waals surface area contributed by atoms with E-state index >= 15 is 0 Å². The van der Waals surface area contributed by atoms with Gasteiger partial charge in [0.15, 0.2) is 0 Å². The highest BCUT2D eigenvalue weighted by Crippen LogP contribution is 2.35. The van der Waals surface area contributed by atoms with Crippen LogP contribution in [0.1, 0.15) is 18.0 Å². The highest BCUT2D eigenvalue weighted by Gasteiger charge is 2.25. The number of hydrogen-bond donors (Lipinski definition) is 2. The van der Waals surface area contributed by atoms with Crippen LogP contribution in [-0.2, 0) is 0 Å². The van der Waals surface area contributed by atoms with Gasteiger partial charge < -0.3 is 10.4 Å². The van der Waals surface area contributed by atoms with Crippen molar-refractivity contribution in [2.24, 2.45) is 0 Å². The van der Waals surface area contributed by atoms with Gasteiger partial charge in [-0.1, -0.05) is 29.3 Å². The van der Waals surface area contributed by atoms with E-state index in [1.807, 2.05) is 18.2 Å². The van der Waals surface area contributed by atoms with Gasteiger partial charge in [0, 0.05) is 54.4 Å². The molecule has 1 saturated heterocycles. The number of aliphatic hydroxyl groups is 1. The second-order valence-corrected chi connectivity index (χ2v) is 5.26. The van der Waals surface area contributed by atoms with Crippen LogP contribution in [0.3, 0.4) is 0 Å². The minimum Gasteiger partial charge on any atom is -0.396 e. The summed E-state index contributed by atoms with van der Waals surface area (Å²) < 4.78 is 0. The molecule has 0 unspecified atom stereocenters. The molecule has 1 aromatic carbocycles. The summed E-state index contributed by atoms with van der Waals surface area (Å²) in [5, 5.41) is 14.0. The molecule has 3 nitrogen and oxygen atoms in total. The second kappa shape index (κ2) is 8.30. The van der Waals surface area contributed by atoms with Gasteiger partial charge in [-0.2, -0.15) is 0 Å². The Morgan fingerprint density at radius 1 is 1.21 bits per heavy atom. The van der Waals surface area contributed by atoms with Crippen LogP contribution in [-0.4, -0.2) is 42.8 Å². The Bertz CT molecular complexity index is 377. The van der Waals surface area contributed by atoms with Crippen molar-refractivity contribution in [3.8, 4) is 0 Å². The predicted octanol–water partition coefficient (Wildman–Crippen LogP) is 2.74. The van der Waals surface area contributed by atoms with E-state index in [1.54, 1.807) is 0 Å². The summed E-state index contributed by atoms with van der Waals surface area (Å²) in [5.41, 5.74) is 0.941. The van der Waals surface area contributed by atoms with E-state index < -0.39 is 0 Å². The topological polar surface area (TPSA) is 35.5 Å². The molecule has 1 aromatic rings. The average Bonchev–Trinajstić information content (AvgIpc) is 2.38. The van der Waals surface area contributed by atoms with Crippen molar-refractivity contribution >= 4 is 35.6 Å². The van der Waals surface area contributed by atoms with E-state index in [-0.39, 0.29) is 25.1 Å². The Kier molecular flexibility index (Phi) is 7.44. The smallest absolute Gasteiger partial charge is 0.0468 e. The molecule has 0 bridgehead atoms. The SMILES string of the molecule is Cl.OCC[C@@H](c1c(Cl)cccc1Cl)N1CCNCC1. The number of aliphatic hydroxyl groups excluding tert-OH is 1. The molecule has 2 rings (SSSR count). The molecule has 1 aliphatic heterocycles. The number of nitrogens with zero attached hydrogens (tertiary/aromatic N) is 1. The molecule has 0 aromatic heterocycles. The Morgan fingerprint density at radius 3 is 2.32 bits per heavy atom. The maximum Gasteiger partial charge on any atom is 0.0468 e. The van der Waals surface area contributed by atoms with Crippen molar-refractivity contribution in [1.29, 1.82) is 0 Å². The molecule has 0 amide bonds. The quantitative estimate of drug-likeness (QED) is 0.893. The minimum absolute atomic E-state index is 0. The Labute approximate surface area is 130 Å². The van der Waals surface area contributed by atoms with Crippen molar-refractivity contribution < 1.29 is 5.11 Å². The van der Waals surface area contributed by atoms with Crippen molar-refractivity contribution in [1.82, 2.24) is 10.2 Å². The number of halogens is 3. The lowest BCUT2D eigenvalue weighted by Gasteiger charge is -2.35. The highest BCUT2D eigenvalue weighted by molar-refractivity contribution is 6.36. The standard InChI is InChI=1S/C13H18Cl2N2O.ClH/c14-10-2-1-3-11(15)13(10)12(4-9-18)17-7-5-16-6-8-17;/h1-3,12,16,18H,4-9H2;1H/t12-;/m0./s1. The predicted molar refractivity (Wildman–Crippen MR) is 82.6 cm³/mol. The summed E-state index contributed by atoms with van der Waals surface area (Å²) in [6.07, 6.45) is 0.656. The maximum absolute atomic E-state index is 9.28. The van der Waals surface area contributed by atoms with E-state index in [9.17, 15) is 5.11 Å². The summed E-state index contributed by atoms with van der Waals surface area (Å²) in [6, 6.07) is 5.66. The molecule has 1 fully saturated rings. The zero-order valence-electron chi connectivity index (χ0n) is 10.6. The summed E-state index contributed by atoms with van der Waals surface area (Å²) in [6.45, 7) is 3.96. The minimum atomic E-state index is 0. The first-order valence-corrected chi connectivity index (χ1v) is 6.99. The van der Waals surface area contributed by atoms with Crippen LogP contribution in [0.4, 0.5) is 0 Å². The maximum atomic E-state index is 9.28. The Hall–Kier alpha value is -0.0300. The van der Waals surface area contributed by atoms with Gasteiger partial charge in [0.05, 0.1) is 0 Å². The summed E-state index contributed by atoms with van der Waals surface area (Å²) in [7, 11) is 0. The third kappa shape index (κ3) is 4.22. The lowest BCUT2D eigenvalue weighted by Crippen LogP contribution is -2.45. The van der Waals surface area contributed by atoms with Crippen LogP contribution in [0.5, 0.6) is 0 Å². The molecule has 0 aliphatic carbocycles.